The Hall–Kier alpha value is -1.60. The Labute approximate surface area is 148 Å². The molecule has 1 saturated heterocycles. The van der Waals surface area contributed by atoms with Crippen LogP contribution >= 0.6 is 0 Å². The van der Waals surface area contributed by atoms with Gasteiger partial charge in [-0.15, -0.1) is 0 Å². The summed E-state index contributed by atoms with van der Waals surface area (Å²) in [6, 6.07) is -8.46. The summed E-state index contributed by atoms with van der Waals surface area (Å²) in [5, 5.41) is 0. The van der Waals surface area contributed by atoms with Gasteiger partial charge in [0, 0.05) is 10.9 Å². The molecule has 1 aliphatic heterocycles. The lowest BCUT2D eigenvalue weighted by Gasteiger charge is -2.43. The van der Waals surface area contributed by atoms with E-state index >= 15 is 0 Å². The molecule has 1 heterocycles. The molecule has 0 unspecified atom stereocenters. The summed E-state index contributed by atoms with van der Waals surface area (Å²) in [5.74, 6) is 0. The van der Waals surface area contributed by atoms with Gasteiger partial charge in [0.15, 0.2) is 0 Å². The van der Waals surface area contributed by atoms with Gasteiger partial charge < -0.3 is 4.90 Å². The molecule has 2 aromatic rings. The molecule has 0 radical (unpaired) electrons. The van der Waals surface area contributed by atoms with E-state index in [2.05, 4.69) is 0 Å². The second-order valence-corrected chi connectivity index (χ2v) is 4.81. The van der Waals surface area contributed by atoms with Crippen LogP contribution in [-0.2, 0) is 5.41 Å². The Morgan fingerprint density at radius 2 is 1.43 bits per heavy atom. The molecule has 0 bridgehead atoms. The lowest BCUT2D eigenvalue weighted by atomic mass is 9.68. The molecule has 1 heteroatoms. The summed E-state index contributed by atoms with van der Waals surface area (Å²) in [4.78, 5) is 1.49. The highest BCUT2D eigenvalue weighted by Crippen LogP contribution is 2.41. The molecule has 0 spiro atoms. The molecule has 0 N–H and O–H groups in total. The summed E-state index contributed by atoms with van der Waals surface area (Å²) >= 11 is 0. The number of benzene rings is 2. The minimum Gasteiger partial charge on any atom is -0.303 e. The van der Waals surface area contributed by atoms with Crippen LogP contribution < -0.4 is 0 Å². The van der Waals surface area contributed by atoms with Gasteiger partial charge in [-0.25, -0.2) is 0 Å². The number of nitrogens with zero attached hydrogens (tertiary/aromatic N) is 1. The summed E-state index contributed by atoms with van der Waals surface area (Å²) in [6.07, 6.45) is -4.96. The first-order valence-corrected chi connectivity index (χ1v) is 6.86. The van der Waals surface area contributed by atoms with Crippen molar-refractivity contribution in [2.75, 3.05) is 19.6 Å². The third kappa shape index (κ3) is 2.89. The van der Waals surface area contributed by atoms with Crippen LogP contribution in [0.5, 0.6) is 0 Å². The fourth-order valence-electron chi connectivity index (χ4n) is 2.41. The van der Waals surface area contributed by atoms with Crippen molar-refractivity contribution in [2.24, 2.45) is 0 Å². The average molecular weight is 294 g/mol. The van der Waals surface area contributed by atoms with Crippen molar-refractivity contribution < 1.29 is 19.2 Å². The van der Waals surface area contributed by atoms with Crippen molar-refractivity contribution in [2.45, 2.75) is 31.5 Å². The molecule has 21 heavy (non-hydrogen) atoms. The second kappa shape index (κ2) is 6.44. The molecular formula is C20H25N. The quantitative estimate of drug-likeness (QED) is 0.803. The molecule has 2 aromatic carbocycles. The van der Waals surface area contributed by atoms with Crippen molar-refractivity contribution in [3.05, 3.63) is 71.6 Å². The topological polar surface area (TPSA) is 3.24 Å². The standard InChI is InChI=1S/C20H25N/c1-2-15-21-16-13-20(14-17-21,18-9-5-3-6-10-18)19-11-7-4-8-12-19/h3-12H,2,13-17H2,1H3/i3D,4D,5D,6D,7D,8D,9D,10D,11D,12D,13D2,14D2. The highest BCUT2D eigenvalue weighted by molar-refractivity contribution is 5.40. The molecule has 0 aromatic heterocycles. The Bertz CT molecular complexity index is 1040. The zero-order valence-electron chi connectivity index (χ0n) is 25.8. The maximum Gasteiger partial charge on any atom is 0.0626 e. The van der Waals surface area contributed by atoms with Crippen molar-refractivity contribution in [1.82, 2.24) is 4.90 Å². The minimum atomic E-state index is -2.83. The fraction of sp³-hybridized carbons (Fsp3) is 0.400. The summed E-state index contributed by atoms with van der Waals surface area (Å²) < 4.78 is 119. The number of likely N-dealkylation sites (tertiary alicyclic amines) is 1. The van der Waals surface area contributed by atoms with Crippen LogP contribution in [-0.4, -0.2) is 24.5 Å². The lowest BCUT2D eigenvalue weighted by molar-refractivity contribution is 0.179. The van der Waals surface area contributed by atoms with Gasteiger partial charge in [0.2, 0.25) is 0 Å². The van der Waals surface area contributed by atoms with E-state index in [1.54, 1.807) is 0 Å². The molecule has 1 fully saturated rings. The molecule has 0 atom stereocenters. The van der Waals surface area contributed by atoms with Gasteiger partial charge in [-0.05, 0) is 49.9 Å². The van der Waals surface area contributed by atoms with Gasteiger partial charge in [-0.2, -0.15) is 0 Å². The number of hydrogen-bond acceptors (Lipinski definition) is 1. The molecule has 0 amide bonds. The Balaban J connectivity index is 2.68. The zero-order chi connectivity index (χ0) is 26.8. The fourth-order valence-corrected chi connectivity index (χ4v) is 2.41. The van der Waals surface area contributed by atoms with Gasteiger partial charge in [0.1, 0.15) is 0 Å². The predicted octanol–water partition coefficient (Wildman–Crippen LogP) is 4.48. The molecule has 1 nitrogen and oxygen atoms in total. The molecule has 0 saturated carbocycles. The molecule has 110 valence electrons. The second-order valence-electron chi connectivity index (χ2n) is 4.81. The van der Waals surface area contributed by atoms with Gasteiger partial charge in [0.05, 0.1) is 13.7 Å². The first-order valence-electron chi connectivity index (χ1n) is 13.9. The van der Waals surface area contributed by atoms with Gasteiger partial charge >= 0.3 is 0 Å². The van der Waals surface area contributed by atoms with E-state index in [-0.39, 0.29) is 0 Å². The summed E-state index contributed by atoms with van der Waals surface area (Å²) in [7, 11) is 0. The Morgan fingerprint density at radius 3 is 1.86 bits per heavy atom. The van der Waals surface area contributed by atoms with E-state index in [4.69, 9.17) is 19.2 Å². The Morgan fingerprint density at radius 1 is 0.952 bits per heavy atom. The maximum atomic E-state index is 9.06. The number of piperidine rings is 1. The van der Waals surface area contributed by atoms with Crippen molar-refractivity contribution >= 4 is 0 Å². The highest BCUT2D eigenvalue weighted by Gasteiger charge is 2.37. The number of hydrogen-bond donors (Lipinski definition) is 0. The van der Waals surface area contributed by atoms with E-state index < -0.39 is 103 Å². The lowest BCUT2D eigenvalue weighted by Crippen LogP contribution is -2.43. The zero-order valence-corrected chi connectivity index (χ0v) is 11.8. The maximum absolute atomic E-state index is 9.06. The van der Waals surface area contributed by atoms with Crippen LogP contribution in [0.2, 0.25) is 0 Å². The van der Waals surface area contributed by atoms with E-state index in [1.165, 1.54) is 4.90 Å². The predicted molar refractivity (Wildman–Crippen MR) is 89.6 cm³/mol. The summed E-state index contributed by atoms with van der Waals surface area (Å²) in [6.45, 7) is 1.21. The van der Waals surface area contributed by atoms with Crippen LogP contribution in [0, 0.1) is 0 Å². The minimum absolute atomic E-state index is 0.302. The van der Waals surface area contributed by atoms with Crippen LogP contribution in [0.1, 0.15) is 56.4 Å². The SMILES string of the molecule is [2H]c1c([2H])c([2H])c(C2(c3c([2H])c([2H])c([2H])c([2H])c3[2H])C([2H])([2H])CN(CCC)CC2([2H])[2H])c([2H])c1[2H]. The van der Waals surface area contributed by atoms with E-state index in [0.29, 0.717) is 13.0 Å². The molecule has 3 rings (SSSR count). The van der Waals surface area contributed by atoms with Crippen LogP contribution in [0.3, 0.4) is 0 Å². The largest absolute Gasteiger partial charge is 0.303 e. The van der Waals surface area contributed by atoms with Gasteiger partial charge in [0.25, 0.3) is 0 Å². The molecule has 1 aliphatic rings. The van der Waals surface area contributed by atoms with Crippen LogP contribution in [0.15, 0.2) is 60.4 Å². The number of rotatable bonds is 4. The first-order chi connectivity index (χ1) is 16.0. The first kappa shape index (κ1) is 5.24. The van der Waals surface area contributed by atoms with Gasteiger partial charge in [-0.3, -0.25) is 0 Å². The van der Waals surface area contributed by atoms with Crippen molar-refractivity contribution in [1.29, 1.82) is 0 Å². The van der Waals surface area contributed by atoms with Crippen LogP contribution in [0.4, 0.5) is 0 Å². The Kier molecular flexibility index (Phi) is 1.61. The van der Waals surface area contributed by atoms with E-state index in [1.807, 2.05) is 6.92 Å². The van der Waals surface area contributed by atoms with E-state index in [9.17, 15) is 0 Å². The van der Waals surface area contributed by atoms with Gasteiger partial charge in [-0.1, -0.05) is 67.3 Å². The third-order valence-corrected chi connectivity index (χ3v) is 3.43. The molecule has 0 aliphatic carbocycles. The average Bonchev–Trinajstić information content (AvgIpc) is 2.76. The highest BCUT2D eigenvalue weighted by atomic mass is 15.1. The monoisotopic (exact) mass is 293 g/mol. The van der Waals surface area contributed by atoms with Crippen molar-refractivity contribution in [3.63, 3.8) is 0 Å². The third-order valence-electron chi connectivity index (χ3n) is 3.43. The van der Waals surface area contributed by atoms with E-state index in [0.717, 1.165) is 0 Å². The smallest absolute Gasteiger partial charge is 0.0626 e. The van der Waals surface area contributed by atoms with Crippen molar-refractivity contribution in [3.8, 4) is 0 Å². The van der Waals surface area contributed by atoms with Crippen LogP contribution in [0.25, 0.3) is 0 Å². The normalized spacial score (nSPS) is 32.8. The molecular weight excluding hydrogens is 254 g/mol. The summed E-state index contributed by atoms with van der Waals surface area (Å²) in [5.41, 5.74) is -4.37.